The van der Waals surface area contributed by atoms with Crippen LogP contribution in [0.25, 0.3) is 0 Å². The van der Waals surface area contributed by atoms with E-state index in [1.807, 2.05) is 6.92 Å². The summed E-state index contributed by atoms with van der Waals surface area (Å²) in [4.78, 5) is 24.1. The van der Waals surface area contributed by atoms with Crippen LogP contribution in [-0.4, -0.2) is 36.4 Å². The molecule has 8 nitrogen and oxygen atoms in total. The van der Waals surface area contributed by atoms with Gasteiger partial charge in [-0.3, -0.25) is 9.36 Å². The lowest BCUT2D eigenvalue weighted by atomic mass is 10.2. The Morgan fingerprint density at radius 1 is 1.38 bits per heavy atom. The molecule has 0 aliphatic rings. The Bertz CT molecular complexity index is 779. The predicted molar refractivity (Wildman–Crippen MR) is 78.7 cm³/mol. The van der Waals surface area contributed by atoms with E-state index in [1.54, 1.807) is 0 Å². The largest absolute Gasteiger partial charge is 0.451 e. The molecule has 1 N–H and O–H groups in total. The van der Waals surface area contributed by atoms with Crippen LogP contribution in [0.5, 0.6) is 0 Å². The molecule has 0 aromatic carbocycles. The SMILES string of the molecule is CCCc1nnsc1C(=O)NCCn1nc(C(F)(F)F)n(C)c1=O. The first-order chi connectivity index (χ1) is 11.3. The van der Waals surface area contributed by atoms with Crippen LogP contribution in [0.4, 0.5) is 13.2 Å². The van der Waals surface area contributed by atoms with Crippen molar-refractivity contribution in [3.05, 3.63) is 26.9 Å². The fourth-order valence-electron chi connectivity index (χ4n) is 2.02. The third-order valence-corrected chi connectivity index (χ3v) is 3.92. The van der Waals surface area contributed by atoms with E-state index in [0.29, 0.717) is 26.2 Å². The van der Waals surface area contributed by atoms with Gasteiger partial charge in [-0.1, -0.05) is 17.8 Å². The molecule has 0 saturated carbocycles. The van der Waals surface area contributed by atoms with Crippen LogP contribution >= 0.6 is 11.5 Å². The fourth-order valence-corrected chi connectivity index (χ4v) is 2.64. The molecule has 2 aromatic heterocycles. The van der Waals surface area contributed by atoms with Gasteiger partial charge in [-0.25, -0.2) is 9.48 Å². The molecule has 24 heavy (non-hydrogen) atoms. The maximum atomic E-state index is 12.7. The Morgan fingerprint density at radius 2 is 2.08 bits per heavy atom. The summed E-state index contributed by atoms with van der Waals surface area (Å²) >= 11 is 0.947. The van der Waals surface area contributed by atoms with Gasteiger partial charge in [-0.05, 0) is 18.0 Å². The average Bonchev–Trinajstić information content (AvgIpc) is 3.06. The number of carbonyl (C=O) groups is 1. The van der Waals surface area contributed by atoms with E-state index < -0.39 is 23.6 Å². The number of nitrogens with one attached hydrogen (secondary N) is 1. The fraction of sp³-hybridized carbons (Fsp3) is 0.583. The average molecular weight is 364 g/mol. The quantitative estimate of drug-likeness (QED) is 0.819. The molecule has 0 bridgehead atoms. The topological polar surface area (TPSA) is 94.7 Å². The Hall–Kier alpha value is -2.24. The van der Waals surface area contributed by atoms with Crippen LogP contribution < -0.4 is 11.0 Å². The van der Waals surface area contributed by atoms with Crippen molar-refractivity contribution < 1.29 is 18.0 Å². The molecule has 0 radical (unpaired) electrons. The maximum absolute atomic E-state index is 12.7. The Labute approximate surface area is 138 Å². The lowest BCUT2D eigenvalue weighted by molar-refractivity contribution is -0.147. The minimum Gasteiger partial charge on any atom is -0.349 e. The van der Waals surface area contributed by atoms with Gasteiger partial charge in [0.15, 0.2) is 0 Å². The van der Waals surface area contributed by atoms with Crippen LogP contribution in [-0.2, 0) is 26.2 Å². The molecule has 2 heterocycles. The molecular weight excluding hydrogens is 349 g/mol. The number of rotatable bonds is 6. The lowest BCUT2D eigenvalue weighted by Crippen LogP contribution is -2.31. The van der Waals surface area contributed by atoms with Crippen molar-refractivity contribution in [2.75, 3.05) is 6.54 Å². The summed E-state index contributed by atoms with van der Waals surface area (Å²) in [5.74, 6) is -1.70. The van der Waals surface area contributed by atoms with Crippen LogP contribution in [0.1, 0.15) is 34.5 Å². The van der Waals surface area contributed by atoms with E-state index in [2.05, 4.69) is 20.0 Å². The Morgan fingerprint density at radius 3 is 2.67 bits per heavy atom. The number of aromatic nitrogens is 5. The molecule has 2 aromatic rings. The number of hydrogen-bond donors (Lipinski definition) is 1. The van der Waals surface area contributed by atoms with Crippen molar-refractivity contribution in [3.63, 3.8) is 0 Å². The summed E-state index contributed by atoms with van der Waals surface area (Å²) in [5, 5.41) is 9.65. The van der Waals surface area contributed by atoms with Crippen molar-refractivity contribution in [2.45, 2.75) is 32.5 Å². The van der Waals surface area contributed by atoms with Gasteiger partial charge in [0, 0.05) is 13.6 Å². The highest BCUT2D eigenvalue weighted by molar-refractivity contribution is 7.08. The third-order valence-electron chi connectivity index (χ3n) is 3.15. The van der Waals surface area contributed by atoms with Gasteiger partial charge in [-0.15, -0.1) is 10.2 Å². The smallest absolute Gasteiger partial charge is 0.349 e. The highest BCUT2D eigenvalue weighted by Crippen LogP contribution is 2.25. The minimum atomic E-state index is -4.72. The number of amides is 1. The van der Waals surface area contributed by atoms with Crippen molar-refractivity contribution in [2.24, 2.45) is 7.05 Å². The molecule has 2 rings (SSSR count). The molecule has 0 fully saturated rings. The van der Waals surface area contributed by atoms with E-state index in [4.69, 9.17) is 0 Å². The zero-order valence-electron chi connectivity index (χ0n) is 12.9. The van der Waals surface area contributed by atoms with Crippen LogP contribution in [0.15, 0.2) is 4.79 Å². The molecule has 12 heteroatoms. The van der Waals surface area contributed by atoms with Crippen molar-refractivity contribution in [3.8, 4) is 0 Å². The van der Waals surface area contributed by atoms with Gasteiger partial charge in [0.1, 0.15) is 4.88 Å². The number of aryl methyl sites for hydroxylation is 1. The van der Waals surface area contributed by atoms with Gasteiger partial charge in [0.2, 0.25) is 5.82 Å². The van der Waals surface area contributed by atoms with Gasteiger partial charge in [0.25, 0.3) is 5.91 Å². The molecule has 1 amide bonds. The number of halogens is 3. The number of carbonyl (C=O) groups excluding carboxylic acids is 1. The summed E-state index contributed by atoms with van der Waals surface area (Å²) in [6, 6.07) is 0. The first-order valence-corrected chi connectivity index (χ1v) is 7.83. The van der Waals surface area contributed by atoms with E-state index in [-0.39, 0.29) is 13.1 Å². The summed E-state index contributed by atoms with van der Waals surface area (Å²) in [6.07, 6.45) is -3.31. The molecule has 0 unspecified atom stereocenters. The third kappa shape index (κ3) is 3.80. The van der Waals surface area contributed by atoms with Crippen LogP contribution in [0, 0.1) is 0 Å². The second kappa shape index (κ2) is 7.11. The summed E-state index contributed by atoms with van der Waals surface area (Å²) in [7, 11) is 0.993. The van der Waals surface area contributed by atoms with Crippen LogP contribution in [0.3, 0.4) is 0 Å². The normalized spacial score (nSPS) is 11.7. The summed E-state index contributed by atoms with van der Waals surface area (Å²) in [6.45, 7) is 1.72. The summed E-state index contributed by atoms with van der Waals surface area (Å²) < 4.78 is 42.8. The molecular formula is C12H15F3N6O2S. The molecule has 0 saturated heterocycles. The molecule has 0 spiro atoms. The highest BCUT2D eigenvalue weighted by atomic mass is 32.1. The van der Waals surface area contributed by atoms with Gasteiger partial charge in [0.05, 0.1) is 12.2 Å². The standard InChI is InChI=1S/C12H15F3N6O2S/c1-3-4-7-8(24-19-17-7)9(22)16-5-6-21-11(23)20(2)10(18-21)12(13,14)15/h3-6H2,1-2H3,(H,16,22). The molecule has 132 valence electrons. The lowest BCUT2D eigenvalue weighted by Gasteiger charge is -2.04. The molecule has 0 aliphatic heterocycles. The van der Waals surface area contributed by atoms with Gasteiger partial charge in [-0.2, -0.15) is 13.2 Å². The second-order valence-electron chi connectivity index (χ2n) is 4.94. The number of hydrogen-bond acceptors (Lipinski definition) is 6. The first kappa shape index (κ1) is 18.1. The van der Waals surface area contributed by atoms with E-state index in [0.717, 1.165) is 25.0 Å². The summed E-state index contributed by atoms with van der Waals surface area (Å²) in [5.41, 5.74) is -0.322. The Balaban J connectivity index is 2.01. The Kier molecular flexibility index (Phi) is 5.36. The molecule has 0 aliphatic carbocycles. The van der Waals surface area contributed by atoms with Crippen molar-refractivity contribution in [1.29, 1.82) is 0 Å². The van der Waals surface area contributed by atoms with Crippen molar-refractivity contribution in [1.82, 2.24) is 29.3 Å². The number of alkyl halides is 3. The van der Waals surface area contributed by atoms with Crippen molar-refractivity contribution >= 4 is 17.4 Å². The highest BCUT2D eigenvalue weighted by Gasteiger charge is 2.37. The first-order valence-electron chi connectivity index (χ1n) is 7.06. The predicted octanol–water partition coefficient (Wildman–Crippen LogP) is 0.835. The maximum Gasteiger partial charge on any atom is 0.451 e. The monoisotopic (exact) mass is 364 g/mol. The second-order valence-corrected chi connectivity index (χ2v) is 5.69. The molecule has 0 atom stereocenters. The minimum absolute atomic E-state index is 0.0451. The van der Waals surface area contributed by atoms with E-state index in [1.165, 1.54) is 0 Å². The zero-order valence-corrected chi connectivity index (χ0v) is 13.7. The zero-order chi connectivity index (χ0) is 17.9. The van der Waals surface area contributed by atoms with Crippen LogP contribution in [0.2, 0.25) is 0 Å². The van der Waals surface area contributed by atoms with E-state index >= 15 is 0 Å². The van der Waals surface area contributed by atoms with E-state index in [9.17, 15) is 22.8 Å². The number of nitrogens with zero attached hydrogens (tertiary/aromatic N) is 5. The van der Waals surface area contributed by atoms with Gasteiger partial charge < -0.3 is 5.32 Å². The van der Waals surface area contributed by atoms with Gasteiger partial charge >= 0.3 is 11.9 Å².